The summed E-state index contributed by atoms with van der Waals surface area (Å²) in [7, 11) is 1.25. The van der Waals surface area contributed by atoms with Crippen molar-refractivity contribution in [1.82, 2.24) is 9.97 Å². The average Bonchev–Trinajstić information content (AvgIpc) is 2.62. The van der Waals surface area contributed by atoms with Crippen LogP contribution in [0.1, 0.15) is 10.4 Å². The lowest BCUT2D eigenvalue weighted by Crippen LogP contribution is -2.03. The monoisotopic (exact) mass is 194 g/mol. The van der Waals surface area contributed by atoms with Crippen LogP contribution in [0, 0.1) is 5.95 Å². The van der Waals surface area contributed by atoms with Gasteiger partial charge in [0.2, 0.25) is 5.95 Å². The van der Waals surface area contributed by atoms with Gasteiger partial charge < -0.3 is 9.72 Å². The van der Waals surface area contributed by atoms with Crippen molar-refractivity contribution in [3.63, 3.8) is 0 Å². The molecular formula is C9H7FN2O2. The fourth-order valence-corrected chi connectivity index (χ4v) is 1.29. The van der Waals surface area contributed by atoms with Crippen LogP contribution < -0.4 is 0 Å². The Bertz CT molecular complexity index is 493. The summed E-state index contributed by atoms with van der Waals surface area (Å²) in [6, 6.07) is 2.70. The maximum atomic E-state index is 12.9. The highest BCUT2D eigenvalue weighted by Gasteiger charge is 2.13. The van der Waals surface area contributed by atoms with Crippen LogP contribution in [0.5, 0.6) is 0 Å². The molecule has 4 nitrogen and oxygen atoms in total. The third-order valence-corrected chi connectivity index (χ3v) is 1.90. The Morgan fingerprint density at radius 2 is 2.43 bits per heavy atom. The lowest BCUT2D eigenvalue weighted by molar-refractivity contribution is 0.0602. The Morgan fingerprint density at radius 1 is 1.64 bits per heavy atom. The van der Waals surface area contributed by atoms with Crippen molar-refractivity contribution in [2.75, 3.05) is 7.11 Å². The number of nitrogens with zero attached hydrogens (tertiary/aromatic N) is 1. The van der Waals surface area contributed by atoms with Crippen molar-refractivity contribution in [3.05, 3.63) is 29.8 Å². The fraction of sp³-hybridized carbons (Fsp3) is 0.111. The van der Waals surface area contributed by atoms with Crippen LogP contribution in [0.15, 0.2) is 18.3 Å². The number of nitrogens with one attached hydrogen (secondary N) is 1. The number of rotatable bonds is 1. The van der Waals surface area contributed by atoms with Gasteiger partial charge in [-0.3, -0.25) is 0 Å². The highest BCUT2D eigenvalue weighted by atomic mass is 19.1. The molecular weight excluding hydrogens is 187 g/mol. The number of esters is 1. The normalized spacial score (nSPS) is 10.4. The molecule has 0 radical (unpaired) electrons. The largest absolute Gasteiger partial charge is 0.465 e. The van der Waals surface area contributed by atoms with Gasteiger partial charge in [-0.15, -0.1) is 0 Å². The molecule has 1 N–H and O–H groups in total. The molecule has 72 valence electrons. The minimum absolute atomic E-state index is 0.177. The molecule has 0 unspecified atom stereocenters. The smallest absolute Gasteiger partial charge is 0.338 e. The molecule has 0 amide bonds. The molecule has 0 fully saturated rings. The van der Waals surface area contributed by atoms with E-state index in [0.29, 0.717) is 11.0 Å². The van der Waals surface area contributed by atoms with E-state index in [4.69, 9.17) is 0 Å². The van der Waals surface area contributed by atoms with Crippen molar-refractivity contribution < 1.29 is 13.9 Å². The van der Waals surface area contributed by atoms with Crippen molar-refractivity contribution in [3.8, 4) is 0 Å². The second-order valence-corrected chi connectivity index (χ2v) is 2.72. The zero-order chi connectivity index (χ0) is 10.1. The van der Waals surface area contributed by atoms with E-state index >= 15 is 0 Å². The maximum absolute atomic E-state index is 12.9. The van der Waals surface area contributed by atoms with Crippen LogP contribution in [0.4, 0.5) is 4.39 Å². The first-order valence-corrected chi connectivity index (χ1v) is 3.94. The molecule has 0 saturated carbocycles. The molecule has 2 aromatic heterocycles. The molecule has 0 aromatic carbocycles. The molecule has 0 aliphatic rings. The Kier molecular flexibility index (Phi) is 1.92. The minimum Gasteiger partial charge on any atom is -0.465 e. The number of ether oxygens (including phenoxy) is 1. The lowest BCUT2D eigenvalue weighted by Gasteiger charge is -2.00. The third kappa shape index (κ3) is 1.22. The summed E-state index contributed by atoms with van der Waals surface area (Å²) >= 11 is 0. The first-order valence-electron chi connectivity index (χ1n) is 3.94. The second kappa shape index (κ2) is 3.10. The first-order chi connectivity index (χ1) is 6.72. The Balaban J connectivity index is 2.72. The number of fused-ring (bicyclic) bond motifs is 1. The molecule has 5 heteroatoms. The van der Waals surface area contributed by atoms with Crippen molar-refractivity contribution in [2.45, 2.75) is 0 Å². The standard InChI is InChI=1S/C9H7FN2O2/c1-14-9(13)6-4-7(10)12-8-5(6)2-3-11-8/h2-4H,1H3,(H,11,12). The summed E-state index contributed by atoms with van der Waals surface area (Å²) in [4.78, 5) is 17.6. The van der Waals surface area contributed by atoms with Gasteiger partial charge in [0, 0.05) is 17.6 Å². The highest BCUT2D eigenvalue weighted by Crippen LogP contribution is 2.17. The minimum atomic E-state index is -0.708. The van der Waals surface area contributed by atoms with E-state index in [-0.39, 0.29) is 5.56 Å². The zero-order valence-corrected chi connectivity index (χ0v) is 7.37. The average molecular weight is 194 g/mol. The van der Waals surface area contributed by atoms with E-state index < -0.39 is 11.9 Å². The van der Waals surface area contributed by atoms with E-state index in [1.54, 1.807) is 12.3 Å². The topological polar surface area (TPSA) is 55.0 Å². The van der Waals surface area contributed by atoms with Crippen LogP contribution in [-0.2, 0) is 4.74 Å². The number of methoxy groups -OCH3 is 1. The molecule has 2 rings (SSSR count). The summed E-state index contributed by atoms with van der Waals surface area (Å²) in [5.41, 5.74) is 0.515. The molecule has 0 bridgehead atoms. The van der Waals surface area contributed by atoms with E-state index in [1.165, 1.54) is 7.11 Å². The lowest BCUT2D eigenvalue weighted by atomic mass is 10.2. The molecule has 2 heterocycles. The van der Waals surface area contributed by atoms with Gasteiger partial charge in [0.25, 0.3) is 0 Å². The number of hydrogen-bond donors (Lipinski definition) is 1. The van der Waals surface area contributed by atoms with Gasteiger partial charge in [-0.05, 0) is 6.07 Å². The Morgan fingerprint density at radius 3 is 3.14 bits per heavy atom. The van der Waals surface area contributed by atoms with Crippen LogP contribution in [-0.4, -0.2) is 23.0 Å². The summed E-state index contributed by atoms with van der Waals surface area (Å²) in [5.74, 6) is -1.28. The van der Waals surface area contributed by atoms with Gasteiger partial charge >= 0.3 is 5.97 Å². The number of carbonyl (C=O) groups is 1. The molecule has 0 atom stereocenters. The summed E-state index contributed by atoms with van der Waals surface area (Å²) in [6.45, 7) is 0. The molecule has 14 heavy (non-hydrogen) atoms. The van der Waals surface area contributed by atoms with E-state index in [1.807, 2.05) is 0 Å². The van der Waals surface area contributed by atoms with Gasteiger partial charge in [0.15, 0.2) is 0 Å². The van der Waals surface area contributed by atoms with Gasteiger partial charge in [-0.25, -0.2) is 9.78 Å². The molecule has 0 aliphatic heterocycles. The summed E-state index contributed by atoms with van der Waals surface area (Å²) < 4.78 is 17.5. The number of halogens is 1. The number of aromatic amines is 1. The Labute approximate surface area is 78.7 Å². The highest BCUT2D eigenvalue weighted by molar-refractivity contribution is 6.02. The Hall–Kier alpha value is -1.91. The SMILES string of the molecule is COC(=O)c1cc(F)nc2[nH]ccc12. The van der Waals surface area contributed by atoms with E-state index in [2.05, 4.69) is 14.7 Å². The predicted molar refractivity (Wildman–Crippen MR) is 47.4 cm³/mol. The summed E-state index contributed by atoms with van der Waals surface area (Å²) in [6.07, 6.45) is 1.59. The fourth-order valence-electron chi connectivity index (χ4n) is 1.29. The van der Waals surface area contributed by atoms with Gasteiger partial charge in [0.1, 0.15) is 5.65 Å². The predicted octanol–water partition coefficient (Wildman–Crippen LogP) is 1.49. The van der Waals surface area contributed by atoms with Gasteiger partial charge in [-0.2, -0.15) is 4.39 Å². The van der Waals surface area contributed by atoms with Crippen LogP contribution in [0.25, 0.3) is 11.0 Å². The van der Waals surface area contributed by atoms with Gasteiger partial charge in [0.05, 0.1) is 12.7 Å². The first kappa shape index (κ1) is 8.68. The maximum Gasteiger partial charge on any atom is 0.338 e. The zero-order valence-electron chi connectivity index (χ0n) is 7.37. The van der Waals surface area contributed by atoms with Crippen LogP contribution in [0.3, 0.4) is 0 Å². The van der Waals surface area contributed by atoms with Crippen molar-refractivity contribution in [2.24, 2.45) is 0 Å². The van der Waals surface area contributed by atoms with Gasteiger partial charge in [-0.1, -0.05) is 0 Å². The van der Waals surface area contributed by atoms with E-state index in [9.17, 15) is 9.18 Å². The second-order valence-electron chi connectivity index (χ2n) is 2.72. The molecule has 0 spiro atoms. The third-order valence-electron chi connectivity index (χ3n) is 1.90. The van der Waals surface area contributed by atoms with Crippen LogP contribution in [0.2, 0.25) is 0 Å². The number of aromatic nitrogens is 2. The summed E-state index contributed by atoms with van der Waals surface area (Å²) in [5, 5.41) is 0.554. The molecule has 2 aromatic rings. The molecule has 0 saturated heterocycles. The number of pyridine rings is 1. The van der Waals surface area contributed by atoms with Crippen molar-refractivity contribution in [1.29, 1.82) is 0 Å². The number of carbonyl (C=O) groups excluding carboxylic acids is 1. The molecule has 0 aliphatic carbocycles. The number of hydrogen-bond acceptors (Lipinski definition) is 3. The quantitative estimate of drug-likeness (QED) is 0.552. The van der Waals surface area contributed by atoms with E-state index in [0.717, 1.165) is 6.07 Å². The van der Waals surface area contributed by atoms with Crippen LogP contribution >= 0.6 is 0 Å². The van der Waals surface area contributed by atoms with Crippen molar-refractivity contribution >= 4 is 17.0 Å². The number of H-pyrrole nitrogens is 1.